The first-order valence-electron chi connectivity index (χ1n) is 10.1. The molecule has 168 valence electrons. The van der Waals surface area contributed by atoms with E-state index < -0.39 is 11.9 Å². The van der Waals surface area contributed by atoms with Gasteiger partial charge in [0, 0.05) is 41.5 Å². The molecule has 0 fully saturated rings. The highest BCUT2D eigenvalue weighted by atomic mass is 16.7. The van der Waals surface area contributed by atoms with Crippen molar-refractivity contribution in [3.05, 3.63) is 41.0 Å². The van der Waals surface area contributed by atoms with Crippen LogP contribution in [0.15, 0.2) is 29.4 Å². The summed E-state index contributed by atoms with van der Waals surface area (Å²) in [7, 11) is 4.44. The summed E-state index contributed by atoms with van der Waals surface area (Å²) in [5, 5.41) is 4.24. The summed E-state index contributed by atoms with van der Waals surface area (Å²) in [4.78, 5) is 30.1. The van der Waals surface area contributed by atoms with Crippen LogP contribution >= 0.6 is 0 Å². The Morgan fingerprint density at radius 1 is 1.00 bits per heavy atom. The number of hydrogen-bond acceptors (Lipinski definition) is 9. The van der Waals surface area contributed by atoms with Crippen LogP contribution in [0.3, 0.4) is 0 Å². The van der Waals surface area contributed by atoms with E-state index in [1.54, 1.807) is 32.2 Å². The molecule has 9 heteroatoms. The minimum Gasteiger partial charge on any atom is -0.496 e. The molecule has 0 aromatic heterocycles. The van der Waals surface area contributed by atoms with Crippen LogP contribution < -0.4 is 23.7 Å². The minimum absolute atomic E-state index is 0.110. The fourth-order valence-electron chi connectivity index (χ4n) is 3.87. The molecule has 0 saturated carbocycles. The molecule has 0 amide bonds. The van der Waals surface area contributed by atoms with E-state index in [4.69, 9.17) is 28.5 Å². The van der Waals surface area contributed by atoms with Gasteiger partial charge < -0.3 is 28.5 Å². The van der Waals surface area contributed by atoms with Gasteiger partial charge in [-0.1, -0.05) is 12.1 Å². The zero-order valence-corrected chi connectivity index (χ0v) is 18.2. The highest BCUT2D eigenvalue weighted by molar-refractivity contribution is 6.19. The smallest absolute Gasteiger partial charge is 0.311 e. The number of carbonyl (C=O) groups is 2. The number of nitrogens with zero attached hydrogens (tertiary/aromatic N) is 1. The van der Waals surface area contributed by atoms with Gasteiger partial charge in [-0.05, 0) is 18.2 Å². The lowest BCUT2D eigenvalue weighted by Gasteiger charge is -2.27. The van der Waals surface area contributed by atoms with Crippen LogP contribution in [0, 0.1) is 0 Å². The van der Waals surface area contributed by atoms with E-state index in [1.807, 2.05) is 0 Å². The lowest BCUT2D eigenvalue weighted by Crippen LogP contribution is -2.27. The van der Waals surface area contributed by atoms with E-state index in [0.717, 1.165) is 0 Å². The highest BCUT2D eigenvalue weighted by Gasteiger charge is 2.37. The summed E-state index contributed by atoms with van der Waals surface area (Å²) < 4.78 is 27.3. The molecule has 1 aliphatic carbocycles. The van der Waals surface area contributed by atoms with E-state index in [2.05, 4.69) is 5.16 Å². The highest BCUT2D eigenvalue weighted by Crippen LogP contribution is 2.46. The second kappa shape index (κ2) is 8.78. The van der Waals surface area contributed by atoms with Crippen molar-refractivity contribution in [1.82, 2.24) is 0 Å². The SMILES string of the molecule is CCC(=O)Oc1cc2c(cc1OC)C(=NOC)C(c1cc3c(cc1OC)OCO3)CC2=O. The van der Waals surface area contributed by atoms with Crippen molar-refractivity contribution in [3.63, 3.8) is 0 Å². The molecule has 0 bridgehead atoms. The molecular formula is C23H23NO8. The molecule has 9 nitrogen and oxygen atoms in total. The number of esters is 1. The van der Waals surface area contributed by atoms with Gasteiger partial charge in [0.15, 0.2) is 28.8 Å². The molecule has 0 saturated heterocycles. The third kappa shape index (κ3) is 3.70. The van der Waals surface area contributed by atoms with Gasteiger partial charge in [-0.2, -0.15) is 0 Å². The van der Waals surface area contributed by atoms with Crippen LogP contribution in [0.5, 0.6) is 28.7 Å². The van der Waals surface area contributed by atoms with Crippen molar-refractivity contribution in [2.75, 3.05) is 28.1 Å². The Bertz CT molecular complexity index is 1110. The zero-order chi connectivity index (χ0) is 22.8. The quantitative estimate of drug-likeness (QED) is 0.382. The summed E-state index contributed by atoms with van der Waals surface area (Å²) in [6.07, 6.45) is 0.301. The number of ether oxygens (including phenoxy) is 5. The molecule has 0 radical (unpaired) electrons. The molecule has 1 aliphatic heterocycles. The number of methoxy groups -OCH3 is 2. The standard InChI is InChI=1S/C23H23NO8/c1-5-22(26)32-21-7-12-15(9-18(21)28-3)23(24-29-4)14(6-16(12)25)13-8-19-20(31-11-30-19)10-17(13)27-2/h7-10,14H,5-6,11H2,1-4H3. The number of oxime groups is 1. The van der Waals surface area contributed by atoms with E-state index in [1.165, 1.54) is 20.3 Å². The number of rotatable bonds is 6. The minimum atomic E-state index is -0.465. The van der Waals surface area contributed by atoms with Crippen molar-refractivity contribution in [3.8, 4) is 28.7 Å². The second-order valence-corrected chi connectivity index (χ2v) is 7.16. The summed E-state index contributed by atoms with van der Waals surface area (Å²) in [6.45, 7) is 1.80. The first-order valence-corrected chi connectivity index (χ1v) is 10.1. The maximum Gasteiger partial charge on any atom is 0.311 e. The maximum absolute atomic E-state index is 13.2. The Morgan fingerprint density at radius 3 is 2.34 bits per heavy atom. The number of ketones is 1. The first-order chi connectivity index (χ1) is 15.5. The van der Waals surface area contributed by atoms with E-state index in [9.17, 15) is 9.59 Å². The number of fused-ring (bicyclic) bond motifs is 2. The van der Waals surface area contributed by atoms with Gasteiger partial charge in [0.05, 0.1) is 19.9 Å². The van der Waals surface area contributed by atoms with E-state index in [-0.39, 0.29) is 31.2 Å². The van der Waals surface area contributed by atoms with Gasteiger partial charge in [0.1, 0.15) is 12.9 Å². The number of hydrogen-bond donors (Lipinski definition) is 0. The van der Waals surface area contributed by atoms with Crippen LogP contribution in [-0.2, 0) is 9.63 Å². The second-order valence-electron chi connectivity index (χ2n) is 7.16. The van der Waals surface area contributed by atoms with Gasteiger partial charge in [0.2, 0.25) is 6.79 Å². The number of carbonyl (C=O) groups excluding carboxylic acids is 2. The van der Waals surface area contributed by atoms with Crippen molar-refractivity contribution in [2.24, 2.45) is 5.16 Å². The monoisotopic (exact) mass is 441 g/mol. The fourth-order valence-corrected chi connectivity index (χ4v) is 3.87. The largest absolute Gasteiger partial charge is 0.496 e. The maximum atomic E-state index is 13.2. The molecule has 32 heavy (non-hydrogen) atoms. The van der Waals surface area contributed by atoms with Gasteiger partial charge in [0.25, 0.3) is 0 Å². The third-order valence-electron chi connectivity index (χ3n) is 5.40. The Hall–Kier alpha value is -3.75. The summed E-state index contributed by atoms with van der Waals surface area (Å²) in [6, 6.07) is 6.68. The van der Waals surface area contributed by atoms with Crippen LogP contribution in [0.2, 0.25) is 0 Å². The van der Waals surface area contributed by atoms with Crippen molar-refractivity contribution in [1.29, 1.82) is 0 Å². The Kier molecular flexibility index (Phi) is 5.89. The third-order valence-corrected chi connectivity index (χ3v) is 5.40. The molecule has 0 N–H and O–H groups in total. The molecule has 2 aliphatic rings. The predicted octanol–water partition coefficient (Wildman–Crippen LogP) is 3.47. The van der Waals surface area contributed by atoms with Crippen LogP contribution in [0.1, 0.15) is 47.2 Å². The molecule has 1 unspecified atom stereocenters. The summed E-state index contributed by atoms with van der Waals surface area (Å²) in [5.74, 6) is 1.13. The van der Waals surface area contributed by atoms with Crippen molar-refractivity contribution < 1.29 is 38.1 Å². The lowest BCUT2D eigenvalue weighted by atomic mass is 9.77. The first kappa shape index (κ1) is 21.5. The van der Waals surface area contributed by atoms with E-state index >= 15 is 0 Å². The average molecular weight is 441 g/mol. The molecule has 4 rings (SSSR count). The van der Waals surface area contributed by atoms with E-state index in [0.29, 0.717) is 45.4 Å². The number of Topliss-reactive ketones (excluding diaryl/α,β-unsaturated/α-hetero) is 1. The molecule has 1 atom stereocenters. The Morgan fingerprint density at radius 2 is 1.69 bits per heavy atom. The molecule has 2 aromatic carbocycles. The normalized spacial score (nSPS) is 17.7. The topological polar surface area (TPSA) is 102 Å². The molecule has 1 heterocycles. The van der Waals surface area contributed by atoms with Crippen molar-refractivity contribution in [2.45, 2.75) is 25.7 Å². The summed E-state index contributed by atoms with van der Waals surface area (Å²) >= 11 is 0. The van der Waals surface area contributed by atoms with Gasteiger partial charge in [-0.25, -0.2) is 0 Å². The van der Waals surface area contributed by atoms with Crippen LogP contribution in [0.25, 0.3) is 0 Å². The Labute approximate surface area is 184 Å². The molecular weight excluding hydrogens is 418 g/mol. The lowest BCUT2D eigenvalue weighted by molar-refractivity contribution is -0.134. The molecule has 0 spiro atoms. The van der Waals surface area contributed by atoms with Gasteiger partial charge >= 0.3 is 5.97 Å². The fraction of sp³-hybridized carbons (Fsp3) is 0.348. The number of benzene rings is 2. The van der Waals surface area contributed by atoms with Crippen LogP contribution in [-0.4, -0.2) is 45.6 Å². The molecule has 2 aromatic rings. The average Bonchev–Trinajstić information content (AvgIpc) is 3.27. The van der Waals surface area contributed by atoms with Gasteiger partial charge in [-0.3, -0.25) is 9.59 Å². The zero-order valence-electron chi connectivity index (χ0n) is 18.2. The van der Waals surface area contributed by atoms with Gasteiger partial charge in [-0.15, -0.1) is 0 Å². The predicted molar refractivity (Wildman–Crippen MR) is 113 cm³/mol. The van der Waals surface area contributed by atoms with Crippen LogP contribution in [0.4, 0.5) is 0 Å². The van der Waals surface area contributed by atoms with Crippen molar-refractivity contribution >= 4 is 17.5 Å². The summed E-state index contributed by atoms with van der Waals surface area (Å²) in [5.41, 5.74) is 2.13. The Balaban J connectivity index is 1.85.